The highest BCUT2D eigenvalue weighted by molar-refractivity contribution is 7.82. The van der Waals surface area contributed by atoms with Gasteiger partial charge in [0.15, 0.2) is 0 Å². The molecule has 2 unspecified atom stereocenters. The summed E-state index contributed by atoms with van der Waals surface area (Å²) in [6, 6.07) is 0. The van der Waals surface area contributed by atoms with Gasteiger partial charge in [-0.05, 0) is 6.42 Å². The van der Waals surface area contributed by atoms with Crippen molar-refractivity contribution in [1.29, 1.82) is 0 Å². The molecule has 1 rings (SSSR count). The third-order valence-corrected chi connectivity index (χ3v) is 3.93. The molecule has 0 aromatic rings. The molecule has 0 spiro atoms. The van der Waals surface area contributed by atoms with Crippen LogP contribution in [0.1, 0.15) is 13.3 Å². The molecule has 0 aromatic carbocycles. The minimum Gasteiger partial charge on any atom is -0.252 e. The second-order valence-electron chi connectivity index (χ2n) is 2.97. The molecule has 0 radical (unpaired) electrons. The summed E-state index contributed by atoms with van der Waals surface area (Å²) in [5, 5.41) is 5.09. The summed E-state index contributed by atoms with van der Waals surface area (Å²) in [6.07, 6.45) is 0.687. The highest BCUT2D eigenvalue weighted by atomic mass is 35.5. The van der Waals surface area contributed by atoms with Crippen molar-refractivity contribution >= 4 is 34.2 Å². The van der Waals surface area contributed by atoms with Gasteiger partial charge in [0.05, 0.1) is 11.0 Å². The fourth-order valence-electron chi connectivity index (χ4n) is 0.916. The van der Waals surface area contributed by atoms with E-state index in [9.17, 15) is 4.21 Å². The SMILES string of the molecule is CC1(CS(N)=O)CC1(Cl)Cl. The summed E-state index contributed by atoms with van der Waals surface area (Å²) in [5.41, 5.74) is -0.226. The molecule has 0 amide bonds. The Morgan fingerprint density at radius 1 is 1.70 bits per heavy atom. The maximum atomic E-state index is 10.6. The molecule has 1 saturated carbocycles. The summed E-state index contributed by atoms with van der Waals surface area (Å²) >= 11 is 11.5. The number of rotatable bonds is 2. The minimum absolute atomic E-state index is 0.226. The maximum absolute atomic E-state index is 10.6. The van der Waals surface area contributed by atoms with Crippen molar-refractivity contribution in [2.24, 2.45) is 10.6 Å². The Morgan fingerprint density at radius 2 is 2.10 bits per heavy atom. The summed E-state index contributed by atoms with van der Waals surface area (Å²) in [5.74, 6) is 0.389. The van der Waals surface area contributed by atoms with E-state index in [0.29, 0.717) is 12.2 Å². The van der Waals surface area contributed by atoms with Crippen LogP contribution in [0.25, 0.3) is 0 Å². The fraction of sp³-hybridized carbons (Fsp3) is 1.00. The van der Waals surface area contributed by atoms with Crippen LogP contribution in [0.15, 0.2) is 0 Å². The smallest absolute Gasteiger partial charge is 0.125 e. The van der Waals surface area contributed by atoms with Gasteiger partial charge < -0.3 is 0 Å². The third-order valence-electron chi connectivity index (χ3n) is 1.83. The van der Waals surface area contributed by atoms with Gasteiger partial charge in [0.1, 0.15) is 4.33 Å². The van der Waals surface area contributed by atoms with Gasteiger partial charge in [-0.15, -0.1) is 23.2 Å². The van der Waals surface area contributed by atoms with E-state index in [1.54, 1.807) is 0 Å². The van der Waals surface area contributed by atoms with Gasteiger partial charge in [-0.2, -0.15) is 0 Å². The first-order chi connectivity index (χ1) is 4.37. The molecule has 2 N–H and O–H groups in total. The van der Waals surface area contributed by atoms with Crippen LogP contribution in [-0.4, -0.2) is 14.3 Å². The molecule has 2 nitrogen and oxygen atoms in total. The van der Waals surface area contributed by atoms with Gasteiger partial charge in [-0.3, -0.25) is 5.14 Å². The normalized spacial score (nSPS) is 39.2. The summed E-state index contributed by atoms with van der Waals surface area (Å²) in [7, 11) is -1.29. The predicted molar refractivity (Wildman–Crippen MR) is 44.4 cm³/mol. The average Bonchev–Trinajstić information content (AvgIpc) is 2.01. The molecule has 2 atom stereocenters. The van der Waals surface area contributed by atoms with Gasteiger partial charge in [0.2, 0.25) is 0 Å². The van der Waals surface area contributed by atoms with E-state index in [1.165, 1.54) is 0 Å². The first kappa shape index (κ1) is 8.78. The second-order valence-corrected chi connectivity index (χ2v) is 5.50. The van der Waals surface area contributed by atoms with Crippen molar-refractivity contribution in [1.82, 2.24) is 0 Å². The van der Waals surface area contributed by atoms with E-state index in [0.717, 1.165) is 0 Å². The maximum Gasteiger partial charge on any atom is 0.125 e. The first-order valence-corrected chi connectivity index (χ1v) is 5.02. The lowest BCUT2D eigenvalue weighted by atomic mass is 10.2. The van der Waals surface area contributed by atoms with Gasteiger partial charge >= 0.3 is 0 Å². The topological polar surface area (TPSA) is 43.1 Å². The molecule has 0 aliphatic heterocycles. The third kappa shape index (κ3) is 1.47. The number of hydrogen-bond donors (Lipinski definition) is 1. The quantitative estimate of drug-likeness (QED) is 0.671. The van der Waals surface area contributed by atoms with E-state index in [4.69, 9.17) is 28.3 Å². The molecule has 0 heterocycles. The lowest BCUT2D eigenvalue weighted by molar-refractivity contribution is 0.625. The Kier molecular flexibility index (Phi) is 2.05. The molecule has 5 heteroatoms. The monoisotopic (exact) mass is 201 g/mol. The zero-order valence-electron chi connectivity index (χ0n) is 5.56. The van der Waals surface area contributed by atoms with Gasteiger partial charge in [-0.1, -0.05) is 6.92 Å². The highest BCUT2D eigenvalue weighted by Crippen LogP contribution is 2.63. The summed E-state index contributed by atoms with van der Waals surface area (Å²) in [6.45, 7) is 1.89. The largest absolute Gasteiger partial charge is 0.252 e. The van der Waals surface area contributed by atoms with Crippen LogP contribution in [0.2, 0.25) is 0 Å². The van der Waals surface area contributed by atoms with Crippen molar-refractivity contribution in [2.75, 3.05) is 5.75 Å². The van der Waals surface area contributed by atoms with Crippen molar-refractivity contribution in [3.8, 4) is 0 Å². The zero-order valence-corrected chi connectivity index (χ0v) is 7.89. The van der Waals surface area contributed by atoms with Crippen molar-refractivity contribution in [3.05, 3.63) is 0 Å². The number of nitrogens with two attached hydrogens (primary N) is 1. The first-order valence-electron chi connectivity index (χ1n) is 2.88. The standard InChI is InChI=1S/C5H9Cl2NOS/c1-4(3-10(8)9)2-5(4,6)7/h2-3,8H2,1H3. The molecule has 1 aliphatic rings. The lowest BCUT2D eigenvalue weighted by Gasteiger charge is -2.07. The van der Waals surface area contributed by atoms with Crippen LogP contribution in [0, 0.1) is 5.41 Å². The van der Waals surface area contributed by atoms with Crippen molar-refractivity contribution in [3.63, 3.8) is 0 Å². The van der Waals surface area contributed by atoms with Crippen LogP contribution in [0.4, 0.5) is 0 Å². The van der Waals surface area contributed by atoms with E-state index >= 15 is 0 Å². The van der Waals surface area contributed by atoms with Crippen LogP contribution in [-0.2, 0) is 11.0 Å². The van der Waals surface area contributed by atoms with E-state index in [2.05, 4.69) is 0 Å². The van der Waals surface area contributed by atoms with Crippen LogP contribution >= 0.6 is 23.2 Å². The fourth-order valence-corrected chi connectivity index (χ4v) is 2.77. The van der Waals surface area contributed by atoms with Gasteiger partial charge in [0.25, 0.3) is 0 Å². The lowest BCUT2D eigenvalue weighted by Crippen LogP contribution is -2.19. The number of alkyl halides is 2. The number of hydrogen-bond acceptors (Lipinski definition) is 1. The molecule has 0 aromatic heterocycles. The molecule has 0 saturated heterocycles. The van der Waals surface area contributed by atoms with E-state index < -0.39 is 15.3 Å². The molecular weight excluding hydrogens is 193 g/mol. The Hall–Kier alpha value is 0.690. The predicted octanol–water partition coefficient (Wildman–Crippen LogP) is 1.19. The summed E-state index contributed by atoms with van der Waals surface area (Å²) < 4.78 is 9.87. The Bertz CT molecular complexity index is 184. The van der Waals surface area contributed by atoms with E-state index in [-0.39, 0.29) is 5.41 Å². The average molecular weight is 202 g/mol. The molecular formula is C5H9Cl2NOS. The Labute approximate surface area is 72.6 Å². The van der Waals surface area contributed by atoms with Gasteiger partial charge in [0, 0.05) is 11.2 Å². The molecule has 10 heavy (non-hydrogen) atoms. The van der Waals surface area contributed by atoms with E-state index in [1.807, 2.05) is 6.92 Å². The van der Waals surface area contributed by atoms with Crippen LogP contribution < -0.4 is 5.14 Å². The van der Waals surface area contributed by atoms with Crippen LogP contribution in [0.5, 0.6) is 0 Å². The second kappa shape index (κ2) is 2.34. The van der Waals surface area contributed by atoms with Crippen molar-refractivity contribution in [2.45, 2.75) is 17.7 Å². The Morgan fingerprint density at radius 3 is 2.20 bits per heavy atom. The molecule has 1 fully saturated rings. The number of halogens is 2. The summed E-state index contributed by atoms with van der Waals surface area (Å²) in [4.78, 5) is 0. The molecule has 1 aliphatic carbocycles. The zero-order chi connectivity index (χ0) is 7.99. The minimum atomic E-state index is -1.29. The molecule has 60 valence electrons. The Balaban J connectivity index is 2.52. The van der Waals surface area contributed by atoms with Gasteiger partial charge in [-0.25, -0.2) is 4.21 Å². The van der Waals surface area contributed by atoms with Crippen LogP contribution in [0.3, 0.4) is 0 Å². The molecule has 0 bridgehead atoms. The van der Waals surface area contributed by atoms with Crippen molar-refractivity contribution < 1.29 is 4.21 Å². The highest BCUT2D eigenvalue weighted by Gasteiger charge is 2.63.